The molecule has 1 fully saturated rings. The van der Waals surface area contributed by atoms with Gasteiger partial charge in [-0.3, -0.25) is 9.59 Å². The number of carboxylic acids is 1. The Kier molecular flexibility index (Phi) is 4.90. The molecule has 2 heterocycles. The quantitative estimate of drug-likeness (QED) is 0.890. The van der Waals surface area contributed by atoms with E-state index < -0.39 is 11.4 Å². The molecule has 5 nitrogen and oxygen atoms in total. The minimum absolute atomic E-state index is 0.00763. The summed E-state index contributed by atoms with van der Waals surface area (Å²) in [6.45, 7) is 4.61. The van der Waals surface area contributed by atoms with Crippen LogP contribution in [-0.4, -0.2) is 40.0 Å². The number of thiazole rings is 1. The summed E-state index contributed by atoms with van der Waals surface area (Å²) in [4.78, 5) is 30.5. The Bertz CT molecular complexity index is 772. The number of carbonyl (C=O) groups excluding carboxylic acids is 1. The molecule has 1 aromatic heterocycles. The van der Waals surface area contributed by atoms with Crippen molar-refractivity contribution in [2.75, 3.05) is 13.1 Å². The maximum Gasteiger partial charge on any atom is 0.311 e. The molecule has 1 amide bonds. The van der Waals surface area contributed by atoms with Gasteiger partial charge in [-0.2, -0.15) is 0 Å². The summed E-state index contributed by atoms with van der Waals surface area (Å²) < 4.78 is 0. The predicted molar refractivity (Wildman–Crippen MR) is 97.4 cm³/mol. The Morgan fingerprint density at radius 1 is 1.32 bits per heavy atom. The zero-order valence-electron chi connectivity index (χ0n) is 14.4. The van der Waals surface area contributed by atoms with Crippen molar-refractivity contribution in [3.8, 4) is 10.6 Å². The molecule has 132 valence electrons. The van der Waals surface area contributed by atoms with E-state index in [1.165, 1.54) is 11.3 Å². The SMILES string of the molecule is CC(C)C1(C(=O)O)CCN(C(=O)Cc2csc(-c3ccccc3)n2)C1. The summed E-state index contributed by atoms with van der Waals surface area (Å²) in [5.41, 5.74) is 0.954. The largest absolute Gasteiger partial charge is 0.481 e. The van der Waals surface area contributed by atoms with Crippen LogP contribution in [0.1, 0.15) is 26.0 Å². The minimum atomic E-state index is -0.826. The number of benzene rings is 1. The van der Waals surface area contributed by atoms with Crippen molar-refractivity contribution < 1.29 is 14.7 Å². The van der Waals surface area contributed by atoms with Crippen LogP contribution >= 0.6 is 11.3 Å². The van der Waals surface area contributed by atoms with Gasteiger partial charge in [0.05, 0.1) is 17.5 Å². The average Bonchev–Trinajstić information content (AvgIpc) is 3.23. The molecule has 0 aliphatic carbocycles. The van der Waals surface area contributed by atoms with Crippen molar-refractivity contribution in [1.82, 2.24) is 9.88 Å². The molecule has 0 spiro atoms. The van der Waals surface area contributed by atoms with Crippen LogP contribution < -0.4 is 0 Å². The van der Waals surface area contributed by atoms with Crippen LogP contribution in [0.15, 0.2) is 35.7 Å². The molecule has 1 atom stereocenters. The first kappa shape index (κ1) is 17.6. The summed E-state index contributed by atoms with van der Waals surface area (Å²) >= 11 is 1.52. The fourth-order valence-corrected chi connectivity index (χ4v) is 4.13. The van der Waals surface area contributed by atoms with Gasteiger partial charge in [-0.15, -0.1) is 11.3 Å². The zero-order chi connectivity index (χ0) is 18.0. The van der Waals surface area contributed by atoms with Gasteiger partial charge < -0.3 is 10.0 Å². The molecule has 1 N–H and O–H groups in total. The van der Waals surface area contributed by atoms with Crippen LogP contribution in [0.25, 0.3) is 10.6 Å². The Hall–Kier alpha value is -2.21. The Labute approximate surface area is 151 Å². The van der Waals surface area contributed by atoms with E-state index in [0.717, 1.165) is 16.3 Å². The van der Waals surface area contributed by atoms with Gasteiger partial charge in [-0.05, 0) is 12.3 Å². The third-order valence-corrected chi connectivity index (χ3v) is 6.03. The van der Waals surface area contributed by atoms with E-state index in [1.54, 1.807) is 4.90 Å². The normalized spacial score (nSPS) is 20.2. The van der Waals surface area contributed by atoms with Gasteiger partial charge >= 0.3 is 5.97 Å². The number of likely N-dealkylation sites (tertiary alicyclic amines) is 1. The van der Waals surface area contributed by atoms with E-state index >= 15 is 0 Å². The van der Waals surface area contributed by atoms with Crippen LogP contribution in [0.2, 0.25) is 0 Å². The molecule has 0 radical (unpaired) electrons. The van der Waals surface area contributed by atoms with Crippen LogP contribution in [0.5, 0.6) is 0 Å². The van der Waals surface area contributed by atoms with E-state index in [9.17, 15) is 14.7 Å². The highest BCUT2D eigenvalue weighted by Crippen LogP contribution is 2.38. The maximum absolute atomic E-state index is 12.6. The third-order valence-electron chi connectivity index (χ3n) is 5.09. The molecule has 1 unspecified atom stereocenters. The van der Waals surface area contributed by atoms with E-state index in [0.29, 0.717) is 13.0 Å². The minimum Gasteiger partial charge on any atom is -0.481 e. The first-order chi connectivity index (χ1) is 11.9. The summed E-state index contributed by atoms with van der Waals surface area (Å²) in [6, 6.07) is 9.87. The number of hydrogen-bond donors (Lipinski definition) is 1. The smallest absolute Gasteiger partial charge is 0.311 e. The lowest BCUT2D eigenvalue weighted by molar-refractivity contribution is -0.151. The van der Waals surface area contributed by atoms with Crippen molar-refractivity contribution in [3.63, 3.8) is 0 Å². The number of aliphatic carboxylic acids is 1. The predicted octanol–water partition coefficient (Wildman–Crippen LogP) is 3.31. The van der Waals surface area contributed by atoms with Gasteiger partial charge in [0.25, 0.3) is 0 Å². The molecule has 1 aliphatic heterocycles. The lowest BCUT2D eigenvalue weighted by Gasteiger charge is -2.28. The number of amides is 1. The number of rotatable bonds is 5. The Balaban J connectivity index is 1.68. The van der Waals surface area contributed by atoms with Gasteiger partial charge in [0.2, 0.25) is 5.91 Å². The van der Waals surface area contributed by atoms with Gasteiger partial charge in [0, 0.05) is 24.0 Å². The fraction of sp³-hybridized carbons (Fsp3) is 0.421. The monoisotopic (exact) mass is 358 g/mol. The molecular weight excluding hydrogens is 336 g/mol. The van der Waals surface area contributed by atoms with Gasteiger partial charge in [0.15, 0.2) is 0 Å². The number of nitrogens with zero attached hydrogens (tertiary/aromatic N) is 2. The fourth-order valence-electron chi connectivity index (χ4n) is 3.31. The molecule has 1 aromatic carbocycles. The first-order valence-electron chi connectivity index (χ1n) is 8.43. The molecule has 0 saturated carbocycles. The molecule has 1 saturated heterocycles. The molecular formula is C19H22N2O3S. The molecule has 1 aliphatic rings. The van der Waals surface area contributed by atoms with Crippen molar-refractivity contribution >= 4 is 23.2 Å². The molecule has 25 heavy (non-hydrogen) atoms. The lowest BCUT2D eigenvalue weighted by Crippen LogP contribution is -2.41. The molecule has 2 aromatic rings. The van der Waals surface area contributed by atoms with Crippen LogP contribution in [0.3, 0.4) is 0 Å². The number of aromatic nitrogens is 1. The van der Waals surface area contributed by atoms with Crippen molar-refractivity contribution in [1.29, 1.82) is 0 Å². The van der Waals surface area contributed by atoms with E-state index in [-0.39, 0.29) is 24.8 Å². The maximum atomic E-state index is 12.6. The summed E-state index contributed by atoms with van der Waals surface area (Å²) in [6.07, 6.45) is 0.731. The first-order valence-corrected chi connectivity index (χ1v) is 9.31. The molecule has 6 heteroatoms. The highest BCUT2D eigenvalue weighted by Gasteiger charge is 2.48. The average molecular weight is 358 g/mol. The summed E-state index contributed by atoms with van der Waals surface area (Å²) in [5, 5.41) is 12.4. The standard InChI is InChI=1S/C19H22N2O3S/c1-13(2)19(18(23)24)8-9-21(12-19)16(22)10-15-11-25-17(20-15)14-6-4-3-5-7-14/h3-7,11,13H,8-10,12H2,1-2H3,(H,23,24). The third kappa shape index (κ3) is 3.44. The highest BCUT2D eigenvalue weighted by atomic mass is 32.1. The number of carbonyl (C=O) groups is 2. The van der Waals surface area contributed by atoms with Crippen LogP contribution in [0, 0.1) is 11.3 Å². The van der Waals surface area contributed by atoms with Gasteiger partial charge in [-0.25, -0.2) is 4.98 Å². The van der Waals surface area contributed by atoms with Crippen molar-refractivity contribution in [2.45, 2.75) is 26.7 Å². The number of carboxylic acid groups (broad SMARTS) is 1. The second kappa shape index (κ2) is 6.96. The van der Waals surface area contributed by atoms with Gasteiger partial charge in [0.1, 0.15) is 5.01 Å². The second-order valence-corrected chi connectivity index (χ2v) is 7.73. The topological polar surface area (TPSA) is 70.5 Å². The van der Waals surface area contributed by atoms with E-state index in [2.05, 4.69) is 4.98 Å². The Morgan fingerprint density at radius 2 is 2.04 bits per heavy atom. The highest BCUT2D eigenvalue weighted by molar-refractivity contribution is 7.13. The van der Waals surface area contributed by atoms with E-state index in [4.69, 9.17) is 0 Å². The summed E-state index contributed by atoms with van der Waals surface area (Å²) in [7, 11) is 0. The van der Waals surface area contributed by atoms with Crippen molar-refractivity contribution in [2.24, 2.45) is 11.3 Å². The molecule has 0 bridgehead atoms. The Morgan fingerprint density at radius 3 is 2.64 bits per heavy atom. The van der Waals surface area contributed by atoms with Crippen molar-refractivity contribution in [3.05, 3.63) is 41.4 Å². The molecule has 3 rings (SSSR count). The number of hydrogen-bond acceptors (Lipinski definition) is 4. The van der Waals surface area contributed by atoms with E-state index in [1.807, 2.05) is 49.6 Å². The zero-order valence-corrected chi connectivity index (χ0v) is 15.3. The van der Waals surface area contributed by atoms with Crippen LogP contribution in [-0.2, 0) is 16.0 Å². The lowest BCUT2D eigenvalue weighted by atomic mass is 9.76. The van der Waals surface area contributed by atoms with Crippen LogP contribution in [0.4, 0.5) is 0 Å². The summed E-state index contributed by atoms with van der Waals surface area (Å²) in [5.74, 6) is -0.863. The second-order valence-electron chi connectivity index (χ2n) is 6.87. The van der Waals surface area contributed by atoms with Gasteiger partial charge in [-0.1, -0.05) is 44.2 Å².